The molecule has 1 aromatic carbocycles. The molecule has 8 heteroatoms. The zero-order valence-corrected chi connectivity index (χ0v) is 17.3. The van der Waals surface area contributed by atoms with Crippen LogP contribution in [0.5, 0.6) is 0 Å². The number of hydrogen-bond donors (Lipinski definition) is 1. The van der Waals surface area contributed by atoms with Crippen molar-refractivity contribution in [1.29, 1.82) is 0 Å². The summed E-state index contributed by atoms with van der Waals surface area (Å²) in [6.07, 6.45) is 2.02. The number of rotatable bonds is 4. The number of halogens is 1. The van der Waals surface area contributed by atoms with Gasteiger partial charge >= 0.3 is 0 Å². The molecule has 2 unspecified atom stereocenters. The number of piperazine rings is 1. The van der Waals surface area contributed by atoms with Gasteiger partial charge in [-0.05, 0) is 24.1 Å². The Kier molecular flexibility index (Phi) is 5.50. The maximum Gasteiger partial charge on any atom is 0.205 e. The highest BCUT2D eigenvalue weighted by Crippen LogP contribution is 2.41. The fourth-order valence-electron chi connectivity index (χ4n) is 3.55. The minimum absolute atomic E-state index is 0.440. The van der Waals surface area contributed by atoms with E-state index in [1.165, 1.54) is 17.1 Å². The summed E-state index contributed by atoms with van der Waals surface area (Å²) in [6.45, 7) is 5.86. The monoisotopic (exact) mass is 404 g/mol. The van der Waals surface area contributed by atoms with Gasteiger partial charge in [0.2, 0.25) is 5.13 Å². The molecule has 27 heavy (non-hydrogen) atoms. The molecule has 1 aliphatic heterocycles. The van der Waals surface area contributed by atoms with Crippen LogP contribution >= 0.6 is 23.1 Å². The number of guanidine groups is 1. The molecule has 1 aliphatic carbocycles. The van der Waals surface area contributed by atoms with Gasteiger partial charge in [0.05, 0.1) is 0 Å². The largest absolute Gasteiger partial charge is 0.353 e. The van der Waals surface area contributed by atoms with Crippen LogP contribution in [0.15, 0.2) is 29.3 Å². The van der Waals surface area contributed by atoms with Crippen molar-refractivity contribution in [3.63, 3.8) is 0 Å². The number of aliphatic imine (C=N–C) groups is 1. The van der Waals surface area contributed by atoms with E-state index in [0.29, 0.717) is 12.0 Å². The highest BCUT2D eigenvalue weighted by molar-refractivity contribution is 7.09. The molecule has 1 aromatic heterocycles. The van der Waals surface area contributed by atoms with Crippen molar-refractivity contribution in [2.45, 2.75) is 31.7 Å². The molecule has 0 amide bonds. The summed E-state index contributed by atoms with van der Waals surface area (Å²) in [5.41, 5.74) is 1.31. The van der Waals surface area contributed by atoms with Gasteiger partial charge in [0, 0.05) is 68.2 Å². The molecule has 2 aromatic rings. The summed E-state index contributed by atoms with van der Waals surface area (Å²) in [4.78, 5) is 13.8. The molecule has 2 aliphatic rings. The molecule has 4 rings (SSSR count). The number of aromatic nitrogens is 2. The maximum atomic E-state index is 6.13. The molecule has 0 spiro atoms. The third-order valence-electron chi connectivity index (χ3n) is 5.22. The fraction of sp³-hybridized carbons (Fsp3) is 0.526. The maximum absolute atomic E-state index is 6.13. The number of nitrogens with one attached hydrogen (secondary N) is 1. The molecule has 6 nitrogen and oxygen atoms in total. The molecular formula is C19H25ClN6S. The lowest BCUT2D eigenvalue weighted by molar-refractivity contribution is 0.372. The topological polar surface area (TPSA) is 56.7 Å². The lowest BCUT2D eigenvalue weighted by Crippen LogP contribution is -2.53. The average molecular weight is 405 g/mol. The minimum atomic E-state index is 0.440. The van der Waals surface area contributed by atoms with E-state index in [1.807, 2.05) is 19.2 Å². The van der Waals surface area contributed by atoms with Crippen molar-refractivity contribution in [2.75, 3.05) is 38.1 Å². The smallest absolute Gasteiger partial charge is 0.205 e. The summed E-state index contributed by atoms with van der Waals surface area (Å²) < 4.78 is 4.40. The van der Waals surface area contributed by atoms with Gasteiger partial charge in [-0.3, -0.25) is 4.99 Å². The van der Waals surface area contributed by atoms with Crippen LogP contribution in [-0.2, 0) is 6.42 Å². The van der Waals surface area contributed by atoms with E-state index in [1.54, 1.807) is 0 Å². The van der Waals surface area contributed by atoms with Crippen molar-refractivity contribution >= 4 is 34.2 Å². The highest BCUT2D eigenvalue weighted by atomic mass is 35.5. The third kappa shape index (κ3) is 4.19. The Morgan fingerprint density at radius 3 is 2.81 bits per heavy atom. The van der Waals surface area contributed by atoms with Crippen LogP contribution in [0.3, 0.4) is 0 Å². The molecule has 1 saturated heterocycles. The SMILES string of the molecule is CCc1nsc(N2CCN(C(=NC)NC3CC3c3cccc(Cl)c3)CC2)n1. The number of anilines is 1. The number of nitrogens with zero attached hydrogens (tertiary/aromatic N) is 5. The van der Waals surface area contributed by atoms with Crippen LogP contribution in [0.4, 0.5) is 5.13 Å². The molecule has 2 atom stereocenters. The Labute approximate surface area is 169 Å². The second-order valence-corrected chi connectivity index (χ2v) is 8.18. The molecule has 144 valence electrons. The molecular weight excluding hydrogens is 380 g/mol. The van der Waals surface area contributed by atoms with Gasteiger partial charge in [0.1, 0.15) is 5.82 Å². The van der Waals surface area contributed by atoms with Crippen molar-refractivity contribution in [3.05, 3.63) is 40.7 Å². The minimum Gasteiger partial charge on any atom is -0.353 e. The van der Waals surface area contributed by atoms with Crippen LogP contribution in [0.2, 0.25) is 5.02 Å². The first-order valence-electron chi connectivity index (χ1n) is 9.49. The summed E-state index contributed by atoms with van der Waals surface area (Å²) in [7, 11) is 1.86. The van der Waals surface area contributed by atoms with Crippen LogP contribution in [0.1, 0.15) is 30.7 Å². The zero-order chi connectivity index (χ0) is 18.8. The van der Waals surface area contributed by atoms with Crippen LogP contribution in [0, 0.1) is 0 Å². The summed E-state index contributed by atoms with van der Waals surface area (Å²) >= 11 is 7.63. The molecule has 2 heterocycles. The van der Waals surface area contributed by atoms with E-state index >= 15 is 0 Å². The lowest BCUT2D eigenvalue weighted by atomic mass is 10.1. The van der Waals surface area contributed by atoms with E-state index in [2.05, 4.69) is 48.5 Å². The quantitative estimate of drug-likeness (QED) is 0.627. The molecule has 0 radical (unpaired) electrons. The molecule has 1 N–H and O–H groups in total. The summed E-state index contributed by atoms with van der Waals surface area (Å²) in [6, 6.07) is 8.62. The predicted octanol–water partition coefficient (Wildman–Crippen LogP) is 3.01. The Morgan fingerprint density at radius 1 is 1.33 bits per heavy atom. The van der Waals surface area contributed by atoms with Gasteiger partial charge in [-0.25, -0.2) is 4.98 Å². The van der Waals surface area contributed by atoms with Gasteiger partial charge in [0.25, 0.3) is 0 Å². The van der Waals surface area contributed by atoms with Crippen molar-refractivity contribution < 1.29 is 0 Å². The summed E-state index contributed by atoms with van der Waals surface area (Å²) in [5, 5.41) is 5.48. The Bertz CT molecular complexity index is 814. The third-order valence-corrected chi connectivity index (χ3v) is 6.27. The summed E-state index contributed by atoms with van der Waals surface area (Å²) in [5.74, 6) is 2.46. The number of hydrogen-bond acceptors (Lipinski definition) is 5. The average Bonchev–Trinajstić information content (AvgIpc) is 3.30. The van der Waals surface area contributed by atoms with E-state index in [4.69, 9.17) is 11.6 Å². The van der Waals surface area contributed by atoms with Gasteiger partial charge in [0.15, 0.2) is 5.96 Å². The van der Waals surface area contributed by atoms with Crippen LogP contribution in [0.25, 0.3) is 0 Å². The first kappa shape index (κ1) is 18.5. The van der Waals surface area contributed by atoms with Crippen molar-refractivity contribution in [2.24, 2.45) is 4.99 Å². The first-order valence-corrected chi connectivity index (χ1v) is 10.6. The van der Waals surface area contributed by atoms with E-state index in [9.17, 15) is 0 Å². The van der Waals surface area contributed by atoms with E-state index < -0.39 is 0 Å². The van der Waals surface area contributed by atoms with E-state index in [-0.39, 0.29) is 0 Å². The van der Waals surface area contributed by atoms with Gasteiger partial charge in [-0.2, -0.15) is 4.37 Å². The van der Waals surface area contributed by atoms with Gasteiger partial charge in [-0.1, -0.05) is 30.7 Å². The first-order chi connectivity index (χ1) is 13.2. The highest BCUT2D eigenvalue weighted by Gasteiger charge is 2.40. The predicted molar refractivity (Wildman–Crippen MR) is 112 cm³/mol. The zero-order valence-electron chi connectivity index (χ0n) is 15.7. The lowest BCUT2D eigenvalue weighted by Gasteiger charge is -2.36. The molecule has 2 fully saturated rings. The van der Waals surface area contributed by atoms with Crippen LogP contribution in [-0.4, -0.2) is 59.5 Å². The normalized spacial score (nSPS) is 22.9. The van der Waals surface area contributed by atoms with Gasteiger partial charge < -0.3 is 15.1 Å². The van der Waals surface area contributed by atoms with Gasteiger partial charge in [-0.15, -0.1) is 0 Å². The van der Waals surface area contributed by atoms with Crippen molar-refractivity contribution in [3.8, 4) is 0 Å². The number of aryl methyl sites for hydroxylation is 1. The fourth-order valence-corrected chi connectivity index (χ4v) is 4.55. The number of benzene rings is 1. The van der Waals surface area contributed by atoms with Crippen molar-refractivity contribution in [1.82, 2.24) is 19.6 Å². The Morgan fingerprint density at radius 2 is 2.15 bits per heavy atom. The Hall–Kier alpha value is -1.86. The van der Waals surface area contributed by atoms with E-state index in [0.717, 1.165) is 61.0 Å². The van der Waals surface area contributed by atoms with Crippen LogP contribution < -0.4 is 10.2 Å². The second kappa shape index (κ2) is 8.02. The molecule has 0 bridgehead atoms. The Balaban J connectivity index is 1.31. The molecule has 1 saturated carbocycles. The standard InChI is InChI=1S/C19H25ClN6S/c1-3-17-23-19(27-24-17)26-9-7-25(8-10-26)18(21-2)22-16-12-15(16)13-5-4-6-14(20)11-13/h4-6,11,15-16H,3,7-10,12H2,1-2H3,(H,21,22). The second-order valence-electron chi connectivity index (χ2n) is 7.02.